The van der Waals surface area contributed by atoms with Gasteiger partial charge in [0.2, 0.25) is 5.91 Å². The molecular formula is C27H30FN3O4S. The summed E-state index contributed by atoms with van der Waals surface area (Å²) in [5.74, 6) is -1.00. The Balaban J connectivity index is 1.71. The molecule has 3 amide bonds. The molecule has 9 heteroatoms. The molecule has 0 radical (unpaired) electrons. The summed E-state index contributed by atoms with van der Waals surface area (Å²) in [6.45, 7) is 6.23. The summed E-state index contributed by atoms with van der Waals surface area (Å²) in [6, 6.07) is 15.6. The van der Waals surface area contributed by atoms with Gasteiger partial charge in [0.25, 0.3) is 0 Å². The minimum atomic E-state index is -0.434. The second-order valence-corrected chi connectivity index (χ2v) is 9.44. The third kappa shape index (κ3) is 7.64. The van der Waals surface area contributed by atoms with Crippen LogP contribution in [0.25, 0.3) is 0 Å². The molecule has 2 aromatic carbocycles. The summed E-state index contributed by atoms with van der Waals surface area (Å²) in [5, 5.41) is 4.73. The number of carbonyl (C=O) groups is 3. The van der Waals surface area contributed by atoms with E-state index in [1.54, 1.807) is 59.6 Å². The van der Waals surface area contributed by atoms with Crippen LogP contribution in [0.2, 0.25) is 0 Å². The van der Waals surface area contributed by atoms with E-state index in [0.29, 0.717) is 24.3 Å². The van der Waals surface area contributed by atoms with Crippen molar-refractivity contribution in [3.8, 4) is 0 Å². The zero-order valence-corrected chi connectivity index (χ0v) is 21.4. The van der Waals surface area contributed by atoms with Crippen molar-refractivity contribution in [2.45, 2.75) is 39.9 Å². The number of rotatable bonds is 10. The van der Waals surface area contributed by atoms with Crippen molar-refractivity contribution in [1.82, 2.24) is 9.80 Å². The average molecular weight is 512 g/mol. The van der Waals surface area contributed by atoms with Gasteiger partial charge in [0.1, 0.15) is 12.4 Å². The summed E-state index contributed by atoms with van der Waals surface area (Å²) in [6.07, 6.45) is 0. The highest BCUT2D eigenvalue weighted by molar-refractivity contribution is 7.09. The third-order valence-corrected chi connectivity index (χ3v) is 6.26. The van der Waals surface area contributed by atoms with Gasteiger partial charge in [-0.2, -0.15) is 0 Å². The number of urea groups is 1. The Morgan fingerprint density at radius 3 is 2.28 bits per heavy atom. The van der Waals surface area contributed by atoms with Crippen molar-refractivity contribution in [2.75, 3.05) is 18.5 Å². The van der Waals surface area contributed by atoms with Gasteiger partial charge >= 0.3 is 12.0 Å². The van der Waals surface area contributed by atoms with Crippen molar-refractivity contribution in [3.05, 3.63) is 87.9 Å². The summed E-state index contributed by atoms with van der Waals surface area (Å²) >= 11 is 1.54. The van der Waals surface area contributed by atoms with Crippen LogP contribution < -0.4 is 5.32 Å². The smallest absolute Gasteiger partial charge is 0.338 e. The van der Waals surface area contributed by atoms with Gasteiger partial charge in [0.05, 0.1) is 18.7 Å². The number of ether oxygens (including phenoxy) is 1. The molecule has 0 unspecified atom stereocenters. The van der Waals surface area contributed by atoms with Crippen LogP contribution in [-0.2, 0) is 22.6 Å². The van der Waals surface area contributed by atoms with Gasteiger partial charge in [-0.1, -0.05) is 18.2 Å². The van der Waals surface area contributed by atoms with Gasteiger partial charge in [-0.25, -0.2) is 14.0 Å². The number of hydrogen-bond donors (Lipinski definition) is 1. The van der Waals surface area contributed by atoms with Gasteiger partial charge in [0.15, 0.2) is 0 Å². The van der Waals surface area contributed by atoms with Gasteiger partial charge in [-0.05, 0) is 74.2 Å². The molecule has 3 aromatic rings. The molecule has 0 fully saturated rings. The maximum absolute atomic E-state index is 13.4. The molecular weight excluding hydrogens is 481 g/mol. The summed E-state index contributed by atoms with van der Waals surface area (Å²) in [7, 11) is 0. The van der Waals surface area contributed by atoms with E-state index in [1.807, 2.05) is 31.4 Å². The van der Waals surface area contributed by atoms with Gasteiger partial charge in [-0.15, -0.1) is 11.3 Å². The standard InChI is InChI=1S/C27H30FN3O4S/c1-4-35-26(33)21-9-13-23(14-10-21)29-27(34)31(19(2)3)18-25(32)30(17-24-6-5-15-36-24)16-20-7-11-22(28)12-8-20/h5-15,19H,4,16-18H2,1-3H3,(H,29,34). The lowest BCUT2D eigenvalue weighted by Gasteiger charge is -2.30. The monoisotopic (exact) mass is 511 g/mol. The van der Waals surface area contributed by atoms with E-state index in [2.05, 4.69) is 5.32 Å². The fraction of sp³-hybridized carbons (Fsp3) is 0.296. The van der Waals surface area contributed by atoms with Crippen molar-refractivity contribution >= 4 is 34.9 Å². The Hall–Kier alpha value is -3.72. The van der Waals surface area contributed by atoms with Crippen LogP contribution in [-0.4, -0.2) is 46.9 Å². The number of benzene rings is 2. The molecule has 0 spiro atoms. The van der Waals surface area contributed by atoms with Crippen molar-refractivity contribution in [1.29, 1.82) is 0 Å². The molecule has 0 aliphatic carbocycles. The van der Waals surface area contributed by atoms with Crippen molar-refractivity contribution in [3.63, 3.8) is 0 Å². The zero-order valence-electron chi connectivity index (χ0n) is 20.6. The molecule has 1 heterocycles. The predicted molar refractivity (Wildman–Crippen MR) is 138 cm³/mol. The number of thiophene rings is 1. The number of anilines is 1. The lowest BCUT2D eigenvalue weighted by molar-refractivity contribution is -0.133. The molecule has 0 bridgehead atoms. The van der Waals surface area contributed by atoms with Crippen LogP contribution in [0.5, 0.6) is 0 Å². The zero-order chi connectivity index (χ0) is 26.1. The van der Waals surface area contributed by atoms with Crippen molar-refractivity contribution in [2.24, 2.45) is 0 Å². The summed E-state index contributed by atoms with van der Waals surface area (Å²) in [4.78, 5) is 42.4. The summed E-state index contributed by atoms with van der Waals surface area (Å²) in [5.41, 5.74) is 1.67. The molecule has 0 saturated carbocycles. The van der Waals surface area contributed by atoms with Gasteiger partial charge in [0, 0.05) is 23.2 Å². The Kier molecular flexibility index (Phi) is 9.58. The third-order valence-electron chi connectivity index (χ3n) is 5.40. The largest absolute Gasteiger partial charge is 0.462 e. The minimum Gasteiger partial charge on any atom is -0.462 e. The maximum Gasteiger partial charge on any atom is 0.338 e. The number of halogens is 1. The number of nitrogens with zero attached hydrogens (tertiary/aromatic N) is 2. The number of amides is 3. The highest BCUT2D eigenvalue weighted by Crippen LogP contribution is 2.17. The van der Waals surface area contributed by atoms with E-state index >= 15 is 0 Å². The molecule has 0 atom stereocenters. The van der Waals surface area contributed by atoms with E-state index in [0.717, 1.165) is 10.4 Å². The van der Waals surface area contributed by atoms with Crippen LogP contribution in [0.1, 0.15) is 41.6 Å². The van der Waals surface area contributed by atoms with Crippen LogP contribution >= 0.6 is 11.3 Å². The Morgan fingerprint density at radius 2 is 1.69 bits per heavy atom. The lowest BCUT2D eigenvalue weighted by atomic mass is 10.2. The first-order chi connectivity index (χ1) is 17.3. The first-order valence-electron chi connectivity index (χ1n) is 11.7. The topological polar surface area (TPSA) is 79.0 Å². The number of carbonyl (C=O) groups excluding carboxylic acids is 3. The first kappa shape index (κ1) is 26.9. The number of esters is 1. The molecule has 1 aromatic heterocycles. The fourth-order valence-corrected chi connectivity index (χ4v) is 4.19. The highest BCUT2D eigenvalue weighted by Gasteiger charge is 2.24. The van der Waals surface area contributed by atoms with E-state index in [4.69, 9.17) is 4.74 Å². The molecule has 0 saturated heterocycles. The summed E-state index contributed by atoms with van der Waals surface area (Å²) < 4.78 is 18.3. The van der Waals surface area contributed by atoms with Gasteiger partial charge < -0.3 is 19.9 Å². The molecule has 7 nitrogen and oxygen atoms in total. The second-order valence-electron chi connectivity index (χ2n) is 8.41. The molecule has 3 rings (SSSR count). The molecule has 1 N–H and O–H groups in total. The second kappa shape index (κ2) is 12.8. The SMILES string of the molecule is CCOC(=O)c1ccc(NC(=O)N(CC(=O)N(Cc2ccc(F)cc2)Cc2cccs2)C(C)C)cc1. The number of nitrogens with one attached hydrogen (secondary N) is 1. The quantitative estimate of drug-likeness (QED) is 0.363. The minimum absolute atomic E-state index is 0.128. The first-order valence-corrected chi connectivity index (χ1v) is 12.5. The van der Waals surface area contributed by atoms with Crippen LogP contribution in [0.4, 0.5) is 14.9 Å². The Morgan fingerprint density at radius 1 is 1.00 bits per heavy atom. The van der Waals surface area contributed by atoms with E-state index in [-0.39, 0.29) is 30.9 Å². The fourth-order valence-electron chi connectivity index (χ4n) is 3.47. The van der Waals surface area contributed by atoms with E-state index in [1.165, 1.54) is 17.0 Å². The highest BCUT2D eigenvalue weighted by atomic mass is 32.1. The normalized spacial score (nSPS) is 10.7. The predicted octanol–water partition coefficient (Wildman–Crippen LogP) is 5.54. The van der Waals surface area contributed by atoms with Gasteiger partial charge in [-0.3, -0.25) is 4.79 Å². The van der Waals surface area contributed by atoms with Crippen LogP contribution in [0.15, 0.2) is 66.0 Å². The Bertz CT molecular complexity index is 1150. The van der Waals surface area contributed by atoms with Crippen LogP contribution in [0, 0.1) is 5.82 Å². The Labute approximate surface area is 214 Å². The number of hydrogen-bond acceptors (Lipinski definition) is 5. The molecule has 36 heavy (non-hydrogen) atoms. The van der Waals surface area contributed by atoms with Crippen LogP contribution in [0.3, 0.4) is 0 Å². The lowest BCUT2D eigenvalue weighted by Crippen LogP contribution is -2.47. The average Bonchev–Trinajstić information content (AvgIpc) is 3.37. The van der Waals surface area contributed by atoms with E-state index in [9.17, 15) is 18.8 Å². The molecule has 0 aliphatic rings. The van der Waals surface area contributed by atoms with Crippen molar-refractivity contribution < 1.29 is 23.5 Å². The van der Waals surface area contributed by atoms with E-state index < -0.39 is 12.0 Å². The molecule has 0 aliphatic heterocycles. The maximum atomic E-state index is 13.4. The molecule has 190 valence electrons.